The van der Waals surface area contributed by atoms with Crippen molar-refractivity contribution in [3.8, 4) is 0 Å². The Kier molecular flexibility index (Phi) is 5.93. The molecule has 2 aromatic carbocycles. The fourth-order valence-electron chi connectivity index (χ4n) is 4.93. The molecule has 0 aromatic heterocycles. The molecule has 4 atom stereocenters. The van der Waals surface area contributed by atoms with Crippen molar-refractivity contribution >= 4 is 0 Å². The zero-order chi connectivity index (χ0) is 17.8. The van der Waals surface area contributed by atoms with Crippen LogP contribution in [0, 0.1) is 5.92 Å². The van der Waals surface area contributed by atoms with E-state index < -0.39 is 0 Å². The largest absolute Gasteiger partial charge is 0.396 e. The molecule has 0 unspecified atom stereocenters. The third-order valence-electron chi connectivity index (χ3n) is 5.87. The molecule has 1 aliphatic heterocycles. The second kappa shape index (κ2) is 8.16. The Morgan fingerprint density at radius 3 is 1.88 bits per heavy atom. The average molecular weight is 338 g/mol. The van der Waals surface area contributed by atoms with Gasteiger partial charge in [0.2, 0.25) is 0 Å². The lowest BCUT2D eigenvalue weighted by molar-refractivity contribution is 0.173. The standard InChI is InChI=1S/C23H31NO/c1-17(2)23-22(19-13-8-5-9-14-19)21(18-11-6-4-7-12-18)20(24(23)3)15-10-16-25/h4-9,11-14,17,20-23,25H,10,15-16H2,1-3H3/t20-,21-,22+,23+/m1/s1. The van der Waals surface area contributed by atoms with Crippen molar-refractivity contribution in [2.24, 2.45) is 5.92 Å². The number of nitrogens with zero attached hydrogens (tertiary/aromatic N) is 1. The van der Waals surface area contributed by atoms with Crippen LogP contribution in [0.4, 0.5) is 0 Å². The fraction of sp³-hybridized carbons (Fsp3) is 0.478. The lowest BCUT2D eigenvalue weighted by atomic mass is 9.75. The molecule has 2 aromatic rings. The Morgan fingerprint density at radius 2 is 1.40 bits per heavy atom. The first-order valence-electron chi connectivity index (χ1n) is 9.57. The molecular weight excluding hydrogens is 306 g/mol. The third-order valence-corrected chi connectivity index (χ3v) is 5.87. The summed E-state index contributed by atoms with van der Waals surface area (Å²) in [7, 11) is 2.28. The number of hydrogen-bond acceptors (Lipinski definition) is 2. The molecule has 0 radical (unpaired) electrons. The van der Waals surface area contributed by atoms with Crippen LogP contribution < -0.4 is 0 Å². The van der Waals surface area contributed by atoms with Crippen molar-refractivity contribution in [2.45, 2.75) is 50.6 Å². The maximum absolute atomic E-state index is 9.41. The zero-order valence-electron chi connectivity index (χ0n) is 15.7. The second-order valence-electron chi connectivity index (χ2n) is 7.71. The summed E-state index contributed by atoms with van der Waals surface area (Å²) < 4.78 is 0. The van der Waals surface area contributed by atoms with Crippen LogP contribution in [0.1, 0.15) is 49.7 Å². The van der Waals surface area contributed by atoms with Gasteiger partial charge in [-0.2, -0.15) is 0 Å². The highest BCUT2D eigenvalue weighted by atomic mass is 16.2. The van der Waals surface area contributed by atoms with Crippen LogP contribution in [0.15, 0.2) is 60.7 Å². The molecular formula is C23H31NO. The van der Waals surface area contributed by atoms with Crippen LogP contribution in [0.5, 0.6) is 0 Å². The summed E-state index contributed by atoms with van der Waals surface area (Å²) >= 11 is 0. The van der Waals surface area contributed by atoms with E-state index in [2.05, 4.69) is 86.5 Å². The predicted octanol–water partition coefficient (Wildman–Crippen LogP) is 4.67. The highest BCUT2D eigenvalue weighted by Gasteiger charge is 2.48. The number of likely N-dealkylation sites (N-methyl/N-ethyl adjacent to an activating group) is 1. The van der Waals surface area contributed by atoms with Gasteiger partial charge in [-0.05, 0) is 36.9 Å². The molecule has 2 heteroatoms. The number of aliphatic hydroxyl groups excluding tert-OH is 1. The molecule has 1 fully saturated rings. The summed E-state index contributed by atoms with van der Waals surface area (Å²) in [5, 5.41) is 9.41. The van der Waals surface area contributed by atoms with Crippen LogP contribution in [0.25, 0.3) is 0 Å². The molecule has 2 nitrogen and oxygen atoms in total. The number of rotatable bonds is 6. The molecule has 1 N–H and O–H groups in total. The van der Waals surface area contributed by atoms with Crippen molar-refractivity contribution in [3.63, 3.8) is 0 Å². The lowest BCUT2D eigenvalue weighted by Crippen LogP contribution is -2.37. The van der Waals surface area contributed by atoms with Gasteiger partial charge in [0.1, 0.15) is 0 Å². The molecule has 1 heterocycles. The Labute approximate surface area is 152 Å². The first-order valence-corrected chi connectivity index (χ1v) is 9.57. The van der Waals surface area contributed by atoms with Gasteiger partial charge in [-0.15, -0.1) is 0 Å². The SMILES string of the molecule is CC(C)[C@H]1[C@@H](c2ccccc2)[C@H](c2ccccc2)[C@@H](CCCO)N1C. The fourth-order valence-corrected chi connectivity index (χ4v) is 4.93. The summed E-state index contributed by atoms with van der Waals surface area (Å²) in [6.07, 6.45) is 1.91. The molecule has 0 saturated carbocycles. The van der Waals surface area contributed by atoms with E-state index in [9.17, 15) is 5.11 Å². The maximum Gasteiger partial charge on any atom is 0.0431 e. The number of hydrogen-bond donors (Lipinski definition) is 1. The highest BCUT2D eigenvalue weighted by molar-refractivity contribution is 5.34. The van der Waals surface area contributed by atoms with Crippen LogP contribution in [-0.4, -0.2) is 35.7 Å². The molecule has 134 valence electrons. The minimum Gasteiger partial charge on any atom is -0.396 e. The summed E-state index contributed by atoms with van der Waals surface area (Å²) in [4.78, 5) is 2.59. The molecule has 25 heavy (non-hydrogen) atoms. The normalized spacial score (nSPS) is 27.1. The molecule has 0 aliphatic carbocycles. The number of aliphatic hydroxyl groups is 1. The molecule has 1 aliphatic rings. The molecule has 3 rings (SSSR count). The first-order chi connectivity index (χ1) is 12.1. The van der Waals surface area contributed by atoms with E-state index in [1.165, 1.54) is 11.1 Å². The number of benzene rings is 2. The van der Waals surface area contributed by atoms with Crippen LogP contribution in [0.3, 0.4) is 0 Å². The van der Waals surface area contributed by atoms with Gasteiger partial charge >= 0.3 is 0 Å². The quantitative estimate of drug-likeness (QED) is 0.828. The van der Waals surface area contributed by atoms with Crippen LogP contribution in [0.2, 0.25) is 0 Å². The minimum atomic E-state index is 0.272. The van der Waals surface area contributed by atoms with Gasteiger partial charge in [-0.25, -0.2) is 0 Å². The van der Waals surface area contributed by atoms with E-state index in [4.69, 9.17) is 0 Å². The van der Waals surface area contributed by atoms with Crippen LogP contribution >= 0.6 is 0 Å². The van der Waals surface area contributed by atoms with E-state index in [0.717, 1.165) is 12.8 Å². The molecule has 1 saturated heterocycles. The zero-order valence-corrected chi connectivity index (χ0v) is 15.7. The maximum atomic E-state index is 9.41. The average Bonchev–Trinajstić information content (AvgIpc) is 2.94. The van der Waals surface area contributed by atoms with Crippen molar-refractivity contribution in [3.05, 3.63) is 71.8 Å². The van der Waals surface area contributed by atoms with E-state index in [-0.39, 0.29) is 6.61 Å². The Bertz CT molecular complexity index is 640. The van der Waals surface area contributed by atoms with Crippen molar-refractivity contribution < 1.29 is 5.11 Å². The third kappa shape index (κ3) is 3.65. The van der Waals surface area contributed by atoms with E-state index in [0.29, 0.717) is 29.8 Å². The molecule has 0 spiro atoms. The highest BCUT2D eigenvalue weighted by Crippen LogP contribution is 2.50. The van der Waals surface area contributed by atoms with Crippen molar-refractivity contribution in [2.75, 3.05) is 13.7 Å². The summed E-state index contributed by atoms with van der Waals surface area (Å²) in [5.41, 5.74) is 2.86. The Hall–Kier alpha value is -1.64. The smallest absolute Gasteiger partial charge is 0.0431 e. The van der Waals surface area contributed by atoms with Gasteiger partial charge in [0.15, 0.2) is 0 Å². The Morgan fingerprint density at radius 1 is 0.880 bits per heavy atom. The molecule has 0 bridgehead atoms. The minimum absolute atomic E-state index is 0.272. The van der Waals surface area contributed by atoms with Crippen LogP contribution in [-0.2, 0) is 0 Å². The van der Waals surface area contributed by atoms with Gasteiger partial charge in [-0.3, -0.25) is 4.90 Å². The summed E-state index contributed by atoms with van der Waals surface area (Å²) in [6, 6.07) is 23.0. The van der Waals surface area contributed by atoms with Gasteiger partial charge < -0.3 is 5.11 Å². The van der Waals surface area contributed by atoms with Crippen molar-refractivity contribution in [1.29, 1.82) is 0 Å². The summed E-state index contributed by atoms with van der Waals surface area (Å²) in [6.45, 7) is 4.95. The van der Waals surface area contributed by atoms with Gasteiger partial charge in [-0.1, -0.05) is 74.5 Å². The lowest BCUT2D eigenvalue weighted by Gasteiger charge is -2.31. The second-order valence-corrected chi connectivity index (χ2v) is 7.71. The topological polar surface area (TPSA) is 23.5 Å². The van der Waals surface area contributed by atoms with E-state index in [1.54, 1.807) is 0 Å². The van der Waals surface area contributed by atoms with Gasteiger partial charge in [0.25, 0.3) is 0 Å². The van der Waals surface area contributed by atoms with Crippen molar-refractivity contribution in [1.82, 2.24) is 4.90 Å². The monoisotopic (exact) mass is 337 g/mol. The van der Waals surface area contributed by atoms with Gasteiger partial charge in [0, 0.05) is 30.5 Å². The summed E-state index contributed by atoms with van der Waals surface area (Å²) in [5.74, 6) is 1.53. The molecule has 0 amide bonds. The van der Waals surface area contributed by atoms with E-state index >= 15 is 0 Å². The first kappa shape index (κ1) is 18.2. The van der Waals surface area contributed by atoms with E-state index in [1.807, 2.05) is 0 Å². The number of likely N-dealkylation sites (tertiary alicyclic amines) is 1. The predicted molar refractivity (Wildman–Crippen MR) is 105 cm³/mol. The Balaban J connectivity index is 2.08. The van der Waals surface area contributed by atoms with Gasteiger partial charge in [0.05, 0.1) is 0 Å².